The Labute approximate surface area is 332 Å². The summed E-state index contributed by atoms with van der Waals surface area (Å²) >= 11 is 0. The molecule has 2 atom stereocenters. The molecule has 0 aromatic heterocycles. The number of hydrogen-bond acceptors (Lipinski definition) is 7. The average molecular weight is 777 g/mol. The Hall–Kier alpha value is -6.37. The number of amides is 6. The van der Waals surface area contributed by atoms with Gasteiger partial charge in [-0.1, -0.05) is 97.1 Å². The fourth-order valence-corrected chi connectivity index (χ4v) is 5.82. The number of nitrogens with one attached hydrogen (secondary N) is 5. The lowest BCUT2D eigenvalue weighted by Gasteiger charge is -2.31. The molecule has 0 aliphatic rings. The smallest absolute Gasteiger partial charge is 0.245 e. The third-order valence-electron chi connectivity index (χ3n) is 9.58. The van der Waals surface area contributed by atoms with Crippen molar-refractivity contribution in [3.63, 3.8) is 0 Å². The number of primary amides is 1. The molecular formula is C44H52N6O7. The van der Waals surface area contributed by atoms with Crippen LogP contribution in [0.3, 0.4) is 0 Å². The van der Waals surface area contributed by atoms with Crippen molar-refractivity contribution in [2.45, 2.75) is 96.4 Å². The molecule has 13 heteroatoms. The number of carbonyl (C=O) groups is 7. The van der Waals surface area contributed by atoms with Crippen LogP contribution < -0.4 is 32.3 Å². The minimum atomic E-state index is -1.59. The number of rotatable bonds is 17. The topological polar surface area (TPSA) is 206 Å². The summed E-state index contributed by atoms with van der Waals surface area (Å²) in [4.78, 5) is 91.5. The molecule has 0 radical (unpaired) electrons. The van der Waals surface area contributed by atoms with Crippen LogP contribution in [0.15, 0.2) is 97.1 Å². The molecule has 0 bridgehead atoms. The lowest BCUT2D eigenvalue weighted by molar-refractivity contribution is -0.138. The van der Waals surface area contributed by atoms with Crippen molar-refractivity contribution in [3.05, 3.63) is 119 Å². The predicted octanol–water partition coefficient (Wildman–Crippen LogP) is 3.41. The molecule has 6 amide bonds. The van der Waals surface area contributed by atoms with Crippen LogP contribution in [-0.2, 0) is 41.6 Å². The zero-order chi connectivity index (χ0) is 42.1. The number of nitrogens with two attached hydrogens (primary N) is 1. The molecule has 7 N–H and O–H groups in total. The van der Waals surface area contributed by atoms with Crippen LogP contribution >= 0.6 is 0 Å². The van der Waals surface area contributed by atoms with Crippen molar-refractivity contribution in [1.29, 1.82) is 0 Å². The lowest BCUT2D eigenvalue weighted by Crippen LogP contribution is -2.64. The zero-order valence-corrected chi connectivity index (χ0v) is 33.4. The SMILES string of the molecule is CC(NC(=O)C(C)(C)NC(=O)CCc1ccc2ccccc2c1)C(=O)NC(C)(C)C(=O)NC(Cc1ccc(C(=O)c2ccccc2)cc1)C(=O)NC(C)(C)C(N)=O. The minimum Gasteiger partial charge on any atom is -0.368 e. The molecule has 0 saturated carbocycles. The summed E-state index contributed by atoms with van der Waals surface area (Å²) in [6.45, 7) is 10.2. The monoisotopic (exact) mass is 776 g/mol. The van der Waals surface area contributed by atoms with E-state index in [9.17, 15) is 33.6 Å². The van der Waals surface area contributed by atoms with Gasteiger partial charge in [-0.3, -0.25) is 33.6 Å². The van der Waals surface area contributed by atoms with E-state index in [2.05, 4.69) is 26.6 Å². The first-order valence-electron chi connectivity index (χ1n) is 18.7. The molecule has 4 rings (SSSR count). The number of benzene rings is 4. The van der Waals surface area contributed by atoms with Crippen molar-refractivity contribution in [3.8, 4) is 0 Å². The lowest BCUT2D eigenvalue weighted by atomic mass is 9.97. The van der Waals surface area contributed by atoms with Crippen LogP contribution in [0.1, 0.15) is 81.9 Å². The van der Waals surface area contributed by atoms with Gasteiger partial charge < -0.3 is 32.3 Å². The number of fused-ring (bicyclic) bond motifs is 1. The van der Waals surface area contributed by atoms with Crippen LogP contribution in [0, 0.1) is 0 Å². The number of ketones is 1. The van der Waals surface area contributed by atoms with Crippen LogP contribution in [0.2, 0.25) is 0 Å². The van der Waals surface area contributed by atoms with E-state index in [1.54, 1.807) is 48.5 Å². The molecule has 0 aliphatic heterocycles. The Kier molecular flexibility index (Phi) is 13.7. The Balaban J connectivity index is 1.36. The molecule has 300 valence electrons. The Morgan fingerprint density at radius 2 is 1.11 bits per heavy atom. The van der Waals surface area contributed by atoms with E-state index < -0.39 is 58.2 Å². The van der Waals surface area contributed by atoms with Crippen molar-refractivity contribution >= 4 is 52.0 Å². The third-order valence-corrected chi connectivity index (χ3v) is 9.58. The van der Waals surface area contributed by atoms with E-state index in [1.165, 1.54) is 48.5 Å². The van der Waals surface area contributed by atoms with Crippen molar-refractivity contribution in [1.82, 2.24) is 26.6 Å². The predicted molar refractivity (Wildman–Crippen MR) is 218 cm³/mol. The standard InChI is InChI=1S/C44H52N6O7/c1-27(46-40(56)43(4,5)48-35(51)24-20-28-17-21-30-13-11-12-16-33(30)25-28)37(53)49-44(6,7)41(57)47-34(38(54)50-42(2,3)39(45)55)26-29-18-22-32(23-19-29)36(52)31-14-9-8-10-15-31/h8-19,21-23,25,27,34H,20,24,26H2,1-7H3,(H2,45,55)(H,46,56)(H,47,57)(H,48,51)(H,49,53)(H,50,54). The van der Waals surface area contributed by atoms with Gasteiger partial charge in [0.2, 0.25) is 35.4 Å². The van der Waals surface area contributed by atoms with E-state index >= 15 is 0 Å². The highest BCUT2D eigenvalue weighted by Crippen LogP contribution is 2.18. The highest BCUT2D eigenvalue weighted by molar-refractivity contribution is 6.09. The maximum atomic E-state index is 13.7. The van der Waals surface area contributed by atoms with E-state index in [0.717, 1.165) is 16.3 Å². The summed E-state index contributed by atoms with van der Waals surface area (Å²) < 4.78 is 0. The second kappa shape index (κ2) is 18.1. The molecule has 2 unspecified atom stereocenters. The summed E-state index contributed by atoms with van der Waals surface area (Å²) in [6, 6.07) is 26.9. The summed E-state index contributed by atoms with van der Waals surface area (Å²) in [5, 5.41) is 15.4. The number of carbonyl (C=O) groups excluding carboxylic acids is 7. The molecule has 4 aromatic carbocycles. The molecule has 0 spiro atoms. The summed E-state index contributed by atoms with van der Waals surface area (Å²) in [5.74, 6) is -4.07. The Morgan fingerprint density at radius 1 is 0.579 bits per heavy atom. The first-order chi connectivity index (χ1) is 26.7. The number of aryl methyl sites for hydroxylation is 1. The highest BCUT2D eigenvalue weighted by Gasteiger charge is 2.37. The van der Waals surface area contributed by atoms with Gasteiger partial charge in [-0.2, -0.15) is 0 Å². The van der Waals surface area contributed by atoms with Gasteiger partial charge in [-0.15, -0.1) is 0 Å². The van der Waals surface area contributed by atoms with Crippen LogP contribution in [0.4, 0.5) is 0 Å². The van der Waals surface area contributed by atoms with Crippen molar-refractivity contribution in [2.24, 2.45) is 5.73 Å². The van der Waals surface area contributed by atoms with Gasteiger partial charge in [-0.25, -0.2) is 0 Å². The molecule has 0 aliphatic carbocycles. The number of hydrogen-bond donors (Lipinski definition) is 6. The fraction of sp³-hybridized carbons (Fsp3) is 0.341. The first kappa shape index (κ1) is 43.4. The van der Waals surface area contributed by atoms with Crippen LogP contribution in [0.25, 0.3) is 10.8 Å². The maximum Gasteiger partial charge on any atom is 0.245 e. The highest BCUT2D eigenvalue weighted by atomic mass is 16.2. The Bertz CT molecular complexity index is 2150. The molecule has 13 nitrogen and oxygen atoms in total. The molecule has 0 heterocycles. The maximum absolute atomic E-state index is 13.7. The van der Waals surface area contributed by atoms with Crippen molar-refractivity contribution in [2.75, 3.05) is 0 Å². The quantitative estimate of drug-likeness (QED) is 0.0881. The van der Waals surface area contributed by atoms with Gasteiger partial charge in [-0.05, 0) is 76.8 Å². The van der Waals surface area contributed by atoms with E-state index in [-0.39, 0.29) is 24.5 Å². The van der Waals surface area contributed by atoms with E-state index in [4.69, 9.17) is 5.73 Å². The van der Waals surface area contributed by atoms with Gasteiger partial charge in [0, 0.05) is 24.0 Å². The van der Waals surface area contributed by atoms with E-state index in [0.29, 0.717) is 23.1 Å². The minimum absolute atomic E-state index is 0.0359. The van der Waals surface area contributed by atoms with Gasteiger partial charge in [0.15, 0.2) is 5.78 Å². The van der Waals surface area contributed by atoms with Gasteiger partial charge in [0.05, 0.1) is 0 Å². The molecule has 0 saturated heterocycles. The summed E-state index contributed by atoms with van der Waals surface area (Å²) in [6.07, 6.45) is 0.580. The molecule has 4 aromatic rings. The third kappa shape index (κ3) is 11.8. The fourth-order valence-electron chi connectivity index (χ4n) is 5.82. The second-order valence-corrected chi connectivity index (χ2v) is 15.8. The van der Waals surface area contributed by atoms with Crippen molar-refractivity contribution < 1.29 is 33.6 Å². The summed E-state index contributed by atoms with van der Waals surface area (Å²) in [7, 11) is 0. The summed E-state index contributed by atoms with van der Waals surface area (Å²) in [5.41, 5.74) is 3.59. The zero-order valence-electron chi connectivity index (χ0n) is 33.4. The normalized spacial score (nSPS) is 12.8. The molecule has 57 heavy (non-hydrogen) atoms. The van der Waals surface area contributed by atoms with Gasteiger partial charge in [0.25, 0.3) is 0 Å². The van der Waals surface area contributed by atoms with E-state index in [1.807, 2.05) is 48.5 Å². The molecular weight excluding hydrogens is 725 g/mol. The largest absolute Gasteiger partial charge is 0.368 e. The first-order valence-corrected chi connectivity index (χ1v) is 18.7. The van der Waals surface area contributed by atoms with Gasteiger partial charge >= 0.3 is 0 Å². The average Bonchev–Trinajstić information content (AvgIpc) is 3.16. The Morgan fingerprint density at radius 3 is 1.74 bits per heavy atom. The molecule has 0 fully saturated rings. The van der Waals surface area contributed by atoms with Gasteiger partial charge in [0.1, 0.15) is 28.7 Å². The van der Waals surface area contributed by atoms with Crippen LogP contribution in [0.5, 0.6) is 0 Å². The second-order valence-electron chi connectivity index (χ2n) is 15.8. The van der Waals surface area contributed by atoms with Crippen LogP contribution in [-0.4, -0.2) is 69.9 Å².